The molecule has 3 aromatic rings. The van der Waals surface area contributed by atoms with Crippen LogP contribution in [0.4, 0.5) is 0 Å². The van der Waals surface area contributed by atoms with Crippen LogP contribution in [-0.2, 0) is 16.1 Å². The maximum Gasteiger partial charge on any atom is 0.375 e. The third-order valence-electron chi connectivity index (χ3n) is 4.05. The Morgan fingerprint density at radius 2 is 1.82 bits per heavy atom. The Kier molecular flexibility index (Phi) is 5.74. The summed E-state index contributed by atoms with van der Waals surface area (Å²) in [5.41, 5.74) is 1.30. The third-order valence-corrected chi connectivity index (χ3v) is 4.05. The van der Waals surface area contributed by atoms with Crippen LogP contribution < -0.4 is 5.32 Å². The van der Waals surface area contributed by atoms with E-state index < -0.39 is 18.0 Å². The first-order valence-electron chi connectivity index (χ1n) is 8.66. The summed E-state index contributed by atoms with van der Waals surface area (Å²) in [6, 6.07) is 13.4. The van der Waals surface area contributed by atoms with Gasteiger partial charge in [0.25, 0.3) is 5.91 Å². The molecule has 1 atom stereocenters. The van der Waals surface area contributed by atoms with Gasteiger partial charge in [-0.1, -0.05) is 24.3 Å². The Balaban J connectivity index is 1.58. The van der Waals surface area contributed by atoms with Crippen molar-refractivity contribution in [1.82, 2.24) is 5.32 Å². The van der Waals surface area contributed by atoms with E-state index in [2.05, 4.69) is 5.32 Å². The number of ketones is 1. The van der Waals surface area contributed by atoms with E-state index in [1.54, 1.807) is 42.5 Å². The standard InChI is InChI=1S/C21H19NO6/c1-13(23)15-5-7-16(8-6-15)18-9-10-19(28-18)21(25)27-14(2)20(24)22-12-17-4-3-11-26-17/h3-11,14H,12H2,1-2H3,(H,22,24)/t14-/m0/s1. The Hall–Kier alpha value is -3.61. The topological polar surface area (TPSA) is 98.8 Å². The molecule has 2 aromatic heterocycles. The van der Waals surface area contributed by atoms with Gasteiger partial charge in [0.05, 0.1) is 12.8 Å². The lowest BCUT2D eigenvalue weighted by Crippen LogP contribution is -2.35. The minimum Gasteiger partial charge on any atom is -0.467 e. The molecule has 0 aliphatic carbocycles. The van der Waals surface area contributed by atoms with E-state index >= 15 is 0 Å². The number of hydrogen-bond acceptors (Lipinski definition) is 6. The van der Waals surface area contributed by atoms with Crippen LogP contribution in [0.15, 0.2) is 63.6 Å². The van der Waals surface area contributed by atoms with Gasteiger partial charge >= 0.3 is 5.97 Å². The second-order valence-electron chi connectivity index (χ2n) is 6.14. The largest absolute Gasteiger partial charge is 0.467 e. The fourth-order valence-corrected chi connectivity index (χ4v) is 2.48. The third kappa shape index (κ3) is 4.56. The number of carbonyl (C=O) groups is 3. The summed E-state index contributed by atoms with van der Waals surface area (Å²) in [4.78, 5) is 35.6. The van der Waals surface area contributed by atoms with Gasteiger partial charge < -0.3 is 18.9 Å². The number of benzene rings is 1. The molecule has 0 radical (unpaired) electrons. The van der Waals surface area contributed by atoms with Crippen LogP contribution in [0.25, 0.3) is 11.3 Å². The van der Waals surface area contributed by atoms with Gasteiger partial charge in [-0.05, 0) is 38.1 Å². The van der Waals surface area contributed by atoms with Crippen molar-refractivity contribution in [2.45, 2.75) is 26.5 Å². The van der Waals surface area contributed by atoms with Gasteiger partial charge in [0.2, 0.25) is 5.76 Å². The fraction of sp³-hybridized carbons (Fsp3) is 0.190. The molecule has 7 heteroatoms. The van der Waals surface area contributed by atoms with Crippen molar-refractivity contribution in [2.75, 3.05) is 0 Å². The number of nitrogens with one attached hydrogen (secondary N) is 1. The summed E-state index contributed by atoms with van der Waals surface area (Å²) in [5, 5.41) is 2.62. The Morgan fingerprint density at radius 1 is 1.07 bits per heavy atom. The first kappa shape index (κ1) is 19.2. The van der Waals surface area contributed by atoms with Crippen LogP contribution in [0.1, 0.15) is 40.5 Å². The molecule has 0 bridgehead atoms. The molecule has 0 saturated heterocycles. The molecule has 1 N–H and O–H groups in total. The van der Waals surface area contributed by atoms with Crippen molar-refractivity contribution >= 4 is 17.7 Å². The average molecular weight is 381 g/mol. The normalized spacial score (nSPS) is 11.6. The number of carbonyl (C=O) groups excluding carboxylic acids is 3. The molecule has 0 fully saturated rings. The number of ether oxygens (including phenoxy) is 1. The number of Topliss-reactive ketones (excluding diaryl/α,β-unsaturated/α-hetero) is 1. The van der Waals surface area contributed by atoms with E-state index in [0.717, 1.165) is 0 Å². The molecule has 0 spiro atoms. The fourth-order valence-electron chi connectivity index (χ4n) is 2.48. The van der Waals surface area contributed by atoms with Crippen molar-refractivity contribution in [1.29, 1.82) is 0 Å². The van der Waals surface area contributed by atoms with E-state index in [1.165, 1.54) is 26.2 Å². The van der Waals surface area contributed by atoms with Crippen LogP contribution in [0.3, 0.4) is 0 Å². The Labute approximate surface area is 161 Å². The van der Waals surface area contributed by atoms with E-state index in [9.17, 15) is 14.4 Å². The molecule has 3 rings (SSSR count). The predicted molar refractivity (Wildman–Crippen MR) is 99.6 cm³/mol. The van der Waals surface area contributed by atoms with Gasteiger partial charge in [0.15, 0.2) is 11.9 Å². The summed E-state index contributed by atoms with van der Waals surface area (Å²) in [6.07, 6.45) is 0.512. The van der Waals surface area contributed by atoms with Gasteiger partial charge in [0.1, 0.15) is 11.5 Å². The van der Waals surface area contributed by atoms with E-state index in [1.807, 2.05) is 0 Å². The second-order valence-corrected chi connectivity index (χ2v) is 6.14. The number of furan rings is 2. The number of amides is 1. The van der Waals surface area contributed by atoms with Crippen LogP contribution in [-0.4, -0.2) is 23.8 Å². The molecular formula is C21H19NO6. The van der Waals surface area contributed by atoms with Gasteiger partial charge in [-0.2, -0.15) is 0 Å². The molecule has 2 heterocycles. The summed E-state index contributed by atoms with van der Waals surface area (Å²) in [5.74, 6) is -0.190. The Morgan fingerprint density at radius 3 is 2.46 bits per heavy atom. The zero-order chi connectivity index (χ0) is 20.1. The molecule has 28 heavy (non-hydrogen) atoms. The molecule has 7 nitrogen and oxygen atoms in total. The van der Waals surface area contributed by atoms with E-state index in [4.69, 9.17) is 13.6 Å². The van der Waals surface area contributed by atoms with Gasteiger partial charge in [-0.25, -0.2) is 4.79 Å². The van der Waals surface area contributed by atoms with Gasteiger partial charge in [-0.15, -0.1) is 0 Å². The number of hydrogen-bond donors (Lipinski definition) is 1. The van der Waals surface area contributed by atoms with Crippen LogP contribution in [0.2, 0.25) is 0 Å². The Bertz CT molecular complexity index is 969. The predicted octanol–water partition coefficient (Wildman–Crippen LogP) is 3.60. The summed E-state index contributed by atoms with van der Waals surface area (Å²) < 4.78 is 15.8. The van der Waals surface area contributed by atoms with Crippen LogP contribution in [0, 0.1) is 0 Å². The van der Waals surface area contributed by atoms with Crippen molar-refractivity contribution in [3.8, 4) is 11.3 Å². The monoisotopic (exact) mass is 381 g/mol. The molecule has 0 aliphatic heterocycles. The average Bonchev–Trinajstić information content (AvgIpc) is 3.38. The van der Waals surface area contributed by atoms with Crippen molar-refractivity contribution < 1.29 is 28.0 Å². The minimum absolute atomic E-state index is 0.0173. The lowest BCUT2D eigenvalue weighted by atomic mass is 10.1. The maximum atomic E-state index is 12.2. The van der Waals surface area contributed by atoms with Crippen LogP contribution >= 0.6 is 0 Å². The minimum atomic E-state index is -0.995. The zero-order valence-corrected chi connectivity index (χ0v) is 15.4. The number of rotatable bonds is 7. The molecule has 0 saturated carbocycles. The molecule has 1 amide bonds. The lowest BCUT2D eigenvalue weighted by molar-refractivity contribution is -0.129. The van der Waals surface area contributed by atoms with Crippen LogP contribution in [0.5, 0.6) is 0 Å². The van der Waals surface area contributed by atoms with Crippen molar-refractivity contribution in [3.63, 3.8) is 0 Å². The lowest BCUT2D eigenvalue weighted by Gasteiger charge is -2.12. The molecule has 0 aliphatic rings. The van der Waals surface area contributed by atoms with E-state index in [-0.39, 0.29) is 18.1 Å². The van der Waals surface area contributed by atoms with Gasteiger partial charge in [0, 0.05) is 11.1 Å². The molecular weight excluding hydrogens is 362 g/mol. The molecule has 0 unspecified atom stereocenters. The zero-order valence-electron chi connectivity index (χ0n) is 15.4. The smallest absolute Gasteiger partial charge is 0.375 e. The maximum absolute atomic E-state index is 12.2. The highest BCUT2D eigenvalue weighted by Gasteiger charge is 2.21. The SMILES string of the molecule is CC(=O)c1ccc(-c2ccc(C(=O)O[C@@H](C)C(=O)NCc3ccco3)o2)cc1. The second kappa shape index (κ2) is 8.39. The van der Waals surface area contributed by atoms with Crippen molar-refractivity contribution in [2.24, 2.45) is 0 Å². The van der Waals surface area contributed by atoms with E-state index in [0.29, 0.717) is 22.6 Å². The molecule has 144 valence electrons. The quantitative estimate of drug-likeness (QED) is 0.496. The first-order valence-corrected chi connectivity index (χ1v) is 8.66. The van der Waals surface area contributed by atoms with Gasteiger partial charge in [-0.3, -0.25) is 9.59 Å². The summed E-state index contributed by atoms with van der Waals surface area (Å²) >= 11 is 0. The summed E-state index contributed by atoms with van der Waals surface area (Å²) in [7, 11) is 0. The van der Waals surface area contributed by atoms with Crippen molar-refractivity contribution in [3.05, 3.63) is 71.9 Å². The highest BCUT2D eigenvalue weighted by atomic mass is 16.6. The summed E-state index contributed by atoms with van der Waals surface area (Å²) in [6.45, 7) is 3.16. The highest BCUT2D eigenvalue weighted by molar-refractivity contribution is 5.94. The number of esters is 1. The highest BCUT2D eigenvalue weighted by Crippen LogP contribution is 2.23. The molecule has 1 aromatic carbocycles. The first-order chi connectivity index (χ1) is 13.4.